The first-order valence-corrected chi connectivity index (χ1v) is 5.27. The Bertz CT molecular complexity index is 654. The predicted molar refractivity (Wildman–Crippen MR) is 63.0 cm³/mol. The molecule has 5 heteroatoms. The van der Waals surface area contributed by atoms with Gasteiger partial charge in [0.1, 0.15) is 18.1 Å². The van der Waals surface area contributed by atoms with Crippen LogP contribution in [0.2, 0.25) is 0 Å². The van der Waals surface area contributed by atoms with Gasteiger partial charge in [-0.3, -0.25) is 4.79 Å². The Morgan fingerprint density at radius 3 is 2.37 bits per heavy atom. The van der Waals surface area contributed by atoms with Gasteiger partial charge in [-0.05, 0) is 24.3 Å². The van der Waals surface area contributed by atoms with Crippen LogP contribution >= 0.6 is 0 Å². The van der Waals surface area contributed by atoms with Crippen molar-refractivity contribution in [1.82, 2.24) is 0 Å². The van der Waals surface area contributed by atoms with Crippen LogP contribution in [-0.4, -0.2) is 6.29 Å². The zero-order valence-electron chi connectivity index (χ0n) is 9.56. The average Bonchev–Trinajstić information content (AvgIpc) is 2.43. The third kappa shape index (κ3) is 2.58. The fourth-order valence-electron chi connectivity index (χ4n) is 1.50. The smallest absolute Gasteiger partial charge is 0.198 e. The molecular formula is C14H7F2NO2. The number of benzene rings is 2. The van der Waals surface area contributed by atoms with Crippen molar-refractivity contribution in [1.29, 1.82) is 5.26 Å². The lowest BCUT2D eigenvalue weighted by Crippen LogP contribution is -1.96. The van der Waals surface area contributed by atoms with E-state index in [4.69, 9.17) is 10.00 Å². The first kappa shape index (κ1) is 12.7. The molecule has 2 rings (SSSR count). The normalized spacial score (nSPS) is 9.74. The van der Waals surface area contributed by atoms with Gasteiger partial charge in [0.15, 0.2) is 17.4 Å². The van der Waals surface area contributed by atoms with Crippen LogP contribution in [0, 0.1) is 23.0 Å². The summed E-state index contributed by atoms with van der Waals surface area (Å²) < 4.78 is 32.3. The largest absolute Gasteiger partial charge is 0.450 e. The van der Waals surface area contributed by atoms with Gasteiger partial charge in [-0.1, -0.05) is 12.1 Å². The first-order valence-electron chi connectivity index (χ1n) is 5.27. The van der Waals surface area contributed by atoms with Crippen molar-refractivity contribution >= 4 is 6.29 Å². The van der Waals surface area contributed by atoms with E-state index in [-0.39, 0.29) is 16.9 Å². The number of ether oxygens (including phenoxy) is 1. The number of aldehydes is 1. The van der Waals surface area contributed by atoms with Gasteiger partial charge in [-0.15, -0.1) is 0 Å². The van der Waals surface area contributed by atoms with Crippen LogP contribution in [0.15, 0.2) is 36.4 Å². The van der Waals surface area contributed by atoms with Gasteiger partial charge in [-0.25, -0.2) is 8.78 Å². The number of rotatable bonds is 3. The van der Waals surface area contributed by atoms with Crippen LogP contribution in [0.25, 0.3) is 0 Å². The second-order valence-corrected chi connectivity index (χ2v) is 3.64. The Morgan fingerprint density at radius 2 is 1.79 bits per heavy atom. The summed E-state index contributed by atoms with van der Waals surface area (Å²) in [5, 5.41) is 8.85. The third-order valence-corrected chi connectivity index (χ3v) is 2.38. The van der Waals surface area contributed by atoms with Crippen molar-refractivity contribution in [2.45, 2.75) is 0 Å². The summed E-state index contributed by atoms with van der Waals surface area (Å²) in [6.45, 7) is 0. The molecule has 0 heterocycles. The van der Waals surface area contributed by atoms with Crippen LogP contribution in [0.5, 0.6) is 11.5 Å². The lowest BCUT2D eigenvalue weighted by molar-refractivity contribution is 0.112. The van der Waals surface area contributed by atoms with Crippen molar-refractivity contribution in [3.8, 4) is 17.6 Å². The lowest BCUT2D eigenvalue weighted by Gasteiger charge is -2.09. The van der Waals surface area contributed by atoms with Crippen LogP contribution < -0.4 is 4.74 Å². The molecule has 0 unspecified atom stereocenters. The second-order valence-electron chi connectivity index (χ2n) is 3.64. The standard InChI is InChI=1S/C14H7F2NO2/c15-11-5-9(8-18)6-12(16)14(11)19-13-4-2-1-3-10(13)7-17/h1-6,8H. The molecule has 0 spiro atoms. The van der Waals surface area contributed by atoms with E-state index in [1.54, 1.807) is 12.1 Å². The molecule has 0 saturated carbocycles. The number of nitrogens with zero attached hydrogens (tertiary/aromatic N) is 1. The van der Waals surface area contributed by atoms with E-state index < -0.39 is 17.4 Å². The molecule has 3 nitrogen and oxygen atoms in total. The summed E-state index contributed by atoms with van der Waals surface area (Å²) in [6.07, 6.45) is 0.333. The first-order chi connectivity index (χ1) is 9.15. The molecule has 0 aliphatic heterocycles. The molecule has 0 radical (unpaired) electrons. The Morgan fingerprint density at radius 1 is 1.16 bits per heavy atom. The van der Waals surface area contributed by atoms with Gasteiger partial charge in [0, 0.05) is 5.56 Å². The monoisotopic (exact) mass is 259 g/mol. The molecule has 0 bridgehead atoms. The highest BCUT2D eigenvalue weighted by atomic mass is 19.1. The van der Waals surface area contributed by atoms with Crippen molar-refractivity contribution in [2.75, 3.05) is 0 Å². The molecule has 0 aliphatic carbocycles. The minimum absolute atomic E-state index is 0.0432. The summed E-state index contributed by atoms with van der Waals surface area (Å²) in [7, 11) is 0. The van der Waals surface area contributed by atoms with Gasteiger partial charge in [0.2, 0.25) is 0 Å². The van der Waals surface area contributed by atoms with E-state index in [1.807, 2.05) is 6.07 Å². The minimum Gasteiger partial charge on any atom is -0.450 e. The van der Waals surface area contributed by atoms with Crippen molar-refractivity contribution in [3.05, 3.63) is 59.2 Å². The summed E-state index contributed by atoms with van der Waals surface area (Å²) in [5.41, 5.74) is 0.0247. The molecular weight excluding hydrogens is 252 g/mol. The number of carbonyl (C=O) groups is 1. The number of nitriles is 1. The molecule has 19 heavy (non-hydrogen) atoms. The van der Waals surface area contributed by atoms with E-state index in [2.05, 4.69) is 0 Å². The zero-order chi connectivity index (χ0) is 13.8. The number of hydrogen-bond acceptors (Lipinski definition) is 3. The van der Waals surface area contributed by atoms with E-state index in [0.29, 0.717) is 6.29 Å². The molecule has 0 aliphatic rings. The average molecular weight is 259 g/mol. The zero-order valence-corrected chi connectivity index (χ0v) is 9.56. The SMILES string of the molecule is N#Cc1ccccc1Oc1c(F)cc(C=O)cc1F. The van der Waals surface area contributed by atoms with E-state index >= 15 is 0 Å². The highest BCUT2D eigenvalue weighted by Gasteiger charge is 2.15. The van der Waals surface area contributed by atoms with Gasteiger partial charge in [-0.2, -0.15) is 5.26 Å². The second kappa shape index (κ2) is 5.27. The summed E-state index contributed by atoms with van der Waals surface area (Å²) in [5.74, 6) is -2.61. The van der Waals surface area contributed by atoms with Gasteiger partial charge in [0.05, 0.1) is 5.56 Å². The predicted octanol–water partition coefficient (Wildman–Crippen LogP) is 3.44. The van der Waals surface area contributed by atoms with Gasteiger partial charge < -0.3 is 4.74 Å². The summed E-state index contributed by atoms with van der Waals surface area (Å²) in [4.78, 5) is 10.5. The van der Waals surface area contributed by atoms with Crippen LogP contribution in [0.3, 0.4) is 0 Å². The molecule has 0 amide bonds. The minimum atomic E-state index is -1.00. The quantitative estimate of drug-likeness (QED) is 0.793. The van der Waals surface area contributed by atoms with E-state index in [0.717, 1.165) is 12.1 Å². The van der Waals surface area contributed by atoms with Crippen molar-refractivity contribution in [3.63, 3.8) is 0 Å². The molecule has 0 aromatic heterocycles. The lowest BCUT2D eigenvalue weighted by atomic mass is 10.2. The molecule has 0 saturated heterocycles. The fraction of sp³-hybridized carbons (Fsp3) is 0. The highest BCUT2D eigenvalue weighted by molar-refractivity contribution is 5.75. The molecule has 0 fully saturated rings. The van der Waals surface area contributed by atoms with Crippen LogP contribution in [0.4, 0.5) is 8.78 Å². The number of halogens is 2. The van der Waals surface area contributed by atoms with Crippen molar-refractivity contribution < 1.29 is 18.3 Å². The van der Waals surface area contributed by atoms with Crippen LogP contribution in [-0.2, 0) is 0 Å². The van der Waals surface area contributed by atoms with E-state index in [9.17, 15) is 13.6 Å². The van der Waals surface area contributed by atoms with Crippen LogP contribution in [0.1, 0.15) is 15.9 Å². The summed E-state index contributed by atoms with van der Waals surface area (Å²) in [6, 6.07) is 9.64. The number of hydrogen-bond donors (Lipinski definition) is 0. The molecule has 0 atom stereocenters. The number of carbonyl (C=O) groups excluding carboxylic acids is 1. The Hall–Kier alpha value is -2.74. The molecule has 2 aromatic rings. The number of para-hydroxylation sites is 1. The molecule has 2 aromatic carbocycles. The maximum atomic E-state index is 13.6. The third-order valence-electron chi connectivity index (χ3n) is 2.38. The van der Waals surface area contributed by atoms with Gasteiger partial charge in [0.25, 0.3) is 0 Å². The van der Waals surface area contributed by atoms with E-state index in [1.165, 1.54) is 12.1 Å². The Kier molecular flexibility index (Phi) is 3.53. The Labute approximate surface area is 107 Å². The maximum absolute atomic E-state index is 13.6. The topological polar surface area (TPSA) is 50.1 Å². The maximum Gasteiger partial charge on any atom is 0.198 e. The fourth-order valence-corrected chi connectivity index (χ4v) is 1.50. The molecule has 0 N–H and O–H groups in total. The Balaban J connectivity index is 2.44. The summed E-state index contributed by atoms with van der Waals surface area (Å²) >= 11 is 0. The van der Waals surface area contributed by atoms with Gasteiger partial charge >= 0.3 is 0 Å². The molecule has 94 valence electrons. The van der Waals surface area contributed by atoms with Crippen molar-refractivity contribution in [2.24, 2.45) is 0 Å². The highest BCUT2D eigenvalue weighted by Crippen LogP contribution is 2.30.